The van der Waals surface area contributed by atoms with Crippen LogP contribution in [0.5, 0.6) is 17.2 Å². The zero-order chi connectivity index (χ0) is 21.6. The standard InChI is InChI=1S/C25H27N3O3.BrH/c1-19-9-3-6-12-22(19)30-17-15-27-20-10-4-5-11-21(20)28(25(27)26)16-18-31-24-14-8-7-13-23(24)29-2;/h3-14,26H,15-18H2,1-2H3;1H. The number of ether oxygens (including phenoxy) is 3. The highest BCUT2D eigenvalue weighted by atomic mass is 79.9. The maximum Gasteiger partial charge on any atom is 0.203 e. The lowest BCUT2D eigenvalue weighted by Crippen LogP contribution is -2.28. The maximum atomic E-state index is 8.75. The van der Waals surface area contributed by atoms with Gasteiger partial charge in [-0.05, 0) is 42.8 Å². The van der Waals surface area contributed by atoms with Crippen molar-refractivity contribution in [2.75, 3.05) is 20.3 Å². The largest absolute Gasteiger partial charge is 0.493 e. The number of hydrogen-bond donors (Lipinski definition) is 1. The Morgan fingerprint density at radius 3 is 1.72 bits per heavy atom. The van der Waals surface area contributed by atoms with Gasteiger partial charge in [0.05, 0.1) is 31.2 Å². The van der Waals surface area contributed by atoms with Crippen molar-refractivity contribution in [2.45, 2.75) is 20.0 Å². The van der Waals surface area contributed by atoms with Gasteiger partial charge in [-0.3, -0.25) is 5.41 Å². The van der Waals surface area contributed by atoms with Gasteiger partial charge in [0, 0.05) is 0 Å². The molecule has 4 rings (SSSR count). The monoisotopic (exact) mass is 497 g/mol. The average molecular weight is 498 g/mol. The molecule has 0 aliphatic rings. The normalized spacial score (nSPS) is 10.6. The number of methoxy groups -OCH3 is 1. The van der Waals surface area contributed by atoms with Crippen LogP contribution in [0.1, 0.15) is 5.56 Å². The fourth-order valence-corrected chi connectivity index (χ4v) is 3.70. The van der Waals surface area contributed by atoms with E-state index >= 15 is 0 Å². The molecule has 3 aromatic carbocycles. The third-order valence-electron chi connectivity index (χ3n) is 5.28. The van der Waals surface area contributed by atoms with Gasteiger partial charge in [0.2, 0.25) is 5.62 Å². The number of hydrogen-bond acceptors (Lipinski definition) is 4. The van der Waals surface area contributed by atoms with Crippen molar-refractivity contribution >= 4 is 28.0 Å². The topological polar surface area (TPSA) is 61.4 Å². The zero-order valence-corrected chi connectivity index (χ0v) is 20.0. The second-order valence-electron chi connectivity index (χ2n) is 7.23. The van der Waals surface area contributed by atoms with E-state index in [4.69, 9.17) is 19.6 Å². The molecule has 0 radical (unpaired) electrons. The van der Waals surface area contributed by atoms with E-state index in [1.165, 1.54) is 0 Å². The van der Waals surface area contributed by atoms with E-state index in [1.54, 1.807) is 7.11 Å². The van der Waals surface area contributed by atoms with Crippen LogP contribution in [0.15, 0.2) is 72.8 Å². The second-order valence-corrected chi connectivity index (χ2v) is 7.23. The van der Waals surface area contributed by atoms with Crippen molar-refractivity contribution in [3.8, 4) is 17.2 Å². The van der Waals surface area contributed by atoms with E-state index in [9.17, 15) is 0 Å². The Balaban J connectivity index is 0.00000289. The first-order chi connectivity index (χ1) is 15.2. The number of benzene rings is 3. The van der Waals surface area contributed by atoms with Crippen molar-refractivity contribution in [2.24, 2.45) is 0 Å². The Hall–Kier alpha value is -3.19. The molecule has 7 heteroatoms. The van der Waals surface area contributed by atoms with Crippen LogP contribution in [0.2, 0.25) is 0 Å². The quantitative estimate of drug-likeness (QED) is 0.354. The molecule has 1 heterocycles. The van der Waals surface area contributed by atoms with E-state index in [2.05, 4.69) is 0 Å². The highest BCUT2D eigenvalue weighted by molar-refractivity contribution is 8.93. The van der Waals surface area contributed by atoms with Crippen molar-refractivity contribution in [1.82, 2.24) is 9.13 Å². The molecule has 4 aromatic rings. The molecule has 0 aliphatic heterocycles. The third-order valence-corrected chi connectivity index (χ3v) is 5.28. The molecule has 0 amide bonds. The summed E-state index contributed by atoms with van der Waals surface area (Å²) in [7, 11) is 1.63. The highest BCUT2D eigenvalue weighted by Gasteiger charge is 2.11. The van der Waals surface area contributed by atoms with Crippen LogP contribution in [-0.2, 0) is 13.1 Å². The Bertz CT molecular complexity index is 1230. The van der Waals surface area contributed by atoms with E-state index in [1.807, 2.05) is 88.9 Å². The average Bonchev–Trinajstić information content (AvgIpc) is 3.06. The summed E-state index contributed by atoms with van der Waals surface area (Å²) in [5, 5.41) is 8.75. The van der Waals surface area contributed by atoms with Gasteiger partial charge in [-0.1, -0.05) is 42.5 Å². The molecular weight excluding hydrogens is 470 g/mol. The predicted molar refractivity (Wildman–Crippen MR) is 131 cm³/mol. The van der Waals surface area contributed by atoms with Crippen LogP contribution < -0.4 is 19.8 Å². The van der Waals surface area contributed by atoms with Gasteiger partial charge in [0.25, 0.3) is 0 Å². The highest BCUT2D eigenvalue weighted by Crippen LogP contribution is 2.25. The first-order valence-electron chi connectivity index (χ1n) is 10.4. The Kier molecular flexibility index (Phi) is 8.00. The van der Waals surface area contributed by atoms with E-state index < -0.39 is 0 Å². The molecule has 0 atom stereocenters. The maximum absolute atomic E-state index is 8.75. The molecule has 6 nitrogen and oxygen atoms in total. The molecule has 0 fully saturated rings. The van der Waals surface area contributed by atoms with E-state index in [0.717, 1.165) is 22.3 Å². The van der Waals surface area contributed by atoms with Crippen LogP contribution in [-0.4, -0.2) is 29.5 Å². The van der Waals surface area contributed by atoms with Crippen LogP contribution >= 0.6 is 17.0 Å². The summed E-state index contributed by atoms with van der Waals surface area (Å²) in [5.74, 6) is 2.28. The summed E-state index contributed by atoms with van der Waals surface area (Å²) in [6.07, 6.45) is 0. The minimum Gasteiger partial charge on any atom is -0.493 e. The second kappa shape index (κ2) is 10.9. The number of para-hydroxylation sites is 5. The number of aromatic nitrogens is 2. The fraction of sp³-hybridized carbons (Fsp3) is 0.240. The van der Waals surface area contributed by atoms with E-state index in [0.29, 0.717) is 43.4 Å². The SMILES string of the molecule is Br.COc1ccccc1OCCn1c(=N)n(CCOc2ccccc2C)c2ccccc21. The van der Waals surface area contributed by atoms with Crippen molar-refractivity contribution in [1.29, 1.82) is 5.41 Å². The Morgan fingerprint density at radius 2 is 1.16 bits per heavy atom. The van der Waals surface area contributed by atoms with Crippen molar-refractivity contribution in [3.05, 3.63) is 84.0 Å². The lowest BCUT2D eigenvalue weighted by molar-refractivity contribution is 0.275. The molecule has 0 spiro atoms. The number of fused-ring (bicyclic) bond motifs is 1. The molecular formula is C25H28BrN3O3. The lowest BCUT2D eigenvalue weighted by atomic mass is 10.2. The summed E-state index contributed by atoms with van der Waals surface area (Å²) in [4.78, 5) is 0. The molecule has 0 saturated heterocycles. The van der Waals surface area contributed by atoms with Gasteiger partial charge in [0.15, 0.2) is 11.5 Å². The van der Waals surface area contributed by atoms with Crippen molar-refractivity contribution < 1.29 is 14.2 Å². The number of imidazole rings is 1. The smallest absolute Gasteiger partial charge is 0.203 e. The summed E-state index contributed by atoms with van der Waals surface area (Å²) in [6, 6.07) is 23.6. The first kappa shape index (κ1) is 23.5. The Labute approximate surface area is 198 Å². The summed E-state index contributed by atoms with van der Waals surface area (Å²) >= 11 is 0. The van der Waals surface area contributed by atoms with Gasteiger partial charge in [-0.15, -0.1) is 17.0 Å². The summed E-state index contributed by atoms with van der Waals surface area (Å²) in [5.41, 5.74) is 3.55. The van der Waals surface area contributed by atoms with Gasteiger partial charge < -0.3 is 23.3 Å². The predicted octanol–water partition coefficient (Wildman–Crippen LogP) is 4.98. The molecule has 0 saturated carbocycles. The lowest BCUT2D eigenvalue weighted by Gasteiger charge is -2.11. The van der Waals surface area contributed by atoms with Gasteiger partial charge >= 0.3 is 0 Å². The number of rotatable bonds is 9. The van der Waals surface area contributed by atoms with Gasteiger partial charge in [-0.2, -0.15) is 0 Å². The van der Waals surface area contributed by atoms with Crippen LogP contribution in [0.3, 0.4) is 0 Å². The molecule has 168 valence electrons. The number of nitrogens with zero attached hydrogens (tertiary/aromatic N) is 2. The zero-order valence-electron chi connectivity index (χ0n) is 18.3. The molecule has 1 aromatic heterocycles. The number of aryl methyl sites for hydroxylation is 1. The third kappa shape index (κ3) is 4.99. The minimum absolute atomic E-state index is 0. The molecule has 32 heavy (non-hydrogen) atoms. The summed E-state index contributed by atoms with van der Waals surface area (Å²) < 4.78 is 21.2. The molecule has 0 bridgehead atoms. The minimum atomic E-state index is 0. The Morgan fingerprint density at radius 1 is 0.688 bits per heavy atom. The first-order valence-corrected chi connectivity index (χ1v) is 10.4. The van der Waals surface area contributed by atoms with Gasteiger partial charge in [0.1, 0.15) is 19.0 Å². The number of halogens is 1. The molecule has 0 unspecified atom stereocenters. The molecule has 1 N–H and O–H groups in total. The van der Waals surface area contributed by atoms with Crippen LogP contribution in [0.4, 0.5) is 0 Å². The van der Waals surface area contributed by atoms with E-state index in [-0.39, 0.29) is 17.0 Å². The van der Waals surface area contributed by atoms with Crippen LogP contribution in [0.25, 0.3) is 11.0 Å². The molecule has 0 aliphatic carbocycles. The van der Waals surface area contributed by atoms with Gasteiger partial charge in [-0.25, -0.2) is 0 Å². The van der Waals surface area contributed by atoms with Crippen molar-refractivity contribution in [3.63, 3.8) is 0 Å². The summed E-state index contributed by atoms with van der Waals surface area (Å²) in [6.45, 7) is 4.11. The fourth-order valence-electron chi connectivity index (χ4n) is 3.70. The van der Waals surface area contributed by atoms with Crippen LogP contribution in [0, 0.1) is 12.3 Å². The number of nitrogens with one attached hydrogen (secondary N) is 1.